The lowest BCUT2D eigenvalue weighted by atomic mass is 9.97. The van der Waals surface area contributed by atoms with E-state index in [0.29, 0.717) is 19.6 Å². The molecule has 1 aliphatic heterocycles. The van der Waals surface area contributed by atoms with Crippen molar-refractivity contribution in [2.24, 2.45) is 5.92 Å². The van der Waals surface area contributed by atoms with E-state index in [-0.39, 0.29) is 17.9 Å². The molecular formula is C14H25N3O4. The fraction of sp³-hybridized carbons (Fsp3) is 0.786. The Kier molecular flexibility index (Phi) is 5.57. The summed E-state index contributed by atoms with van der Waals surface area (Å²) in [5, 5.41) is 11.9. The molecule has 1 rings (SSSR count). The summed E-state index contributed by atoms with van der Waals surface area (Å²) in [6.07, 6.45) is 1.49. The van der Waals surface area contributed by atoms with E-state index in [0.717, 1.165) is 12.8 Å². The summed E-state index contributed by atoms with van der Waals surface area (Å²) in [6.45, 7) is 5.97. The average molecular weight is 299 g/mol. The van der Waals surface area contributed by atoms with Gasteiger partial charge in [0.2, 0.25) is 5.91 Å². The Balaban J connectivity index is 2.85. The number of piperidine rings is 1. The van der Waals surface area contributed by atoms with E-state index in [4.69, 9.17) is 0 Å². The lowest BCUT2D eigenvalue weighted by Gasteiger charge is -2.40. The summed E-state index contributed by atoms with van der Waals surface area (Å²) in [7, 11) is 1.58. The summed E-state index contributed by atoms with van der Waals surface area (Å²) in [4.78, 5) is 38.6. The van der Waals surface area contributed by atoms with Crippen LogP contribution in [0.4, 0.5) is 4.79 Å². The molecule has 0 spiro atoms. The van der Waals surface area contributed by atoms with Crippen molar-refractivity contribution in [1.82, 2.24) is 15.1 Å². The standard InChI is InChI=1S/C14H25N3O4/c1-5-17(14(2,3)12(19)20)13(21)16-8-6-7-10(9-16)11(18)15-4/h10H,5-9H2,1-4H3,(H,15,18)(H,19,20). The minimum Gasteiger partial charge on any atom is -0.480 e. The van der Waals surface area contributed by atoms with Crippen molar-refractivity contribution < 1.29 is 19.5 Å². The Morgan fingerprint density at radius 2 is 2.00 bits per heavy atom. The summed E-state index contributed by atoms with van der Waals surface area (Å²) in [5.41, 5.74) is -1.27. The van der Waals surface area contributed by atoms with E-state index >= 15 is 0 Å². The van der Waals surface area contributed by atoms with Gasteiger partial charge in [0.25, 0.3) is 0 Å². The number of carbonyl (C=O) groups excluding carboxylic acids is 2. The molecule has 0 aromatic heterocycles. The van der Waals surface area contributed by atoms with Gasteiger partial charge < -0.3 is 20.2 Å². The Bertz CT molecular complexity index is 422. The highest BCUT2D eigenvalue weighted by Gasteiger charge is 2.40. The summed E-state index contributed by atoms with van der Waals surface area (Å²) in [6, 6.07) is -0.321. The number of carboxylic acid groups (broad SMARTS) is 1. The first-order valence-electron chi connectivity index (χ1n) is 7.27. The maximum absolute atomic E-state index is 12.6. The SMILES string of the molecule is CCN(C(=O)N1CCCC(C(=O)NC)C1)C(C)(C)C(=O)O. The quantitative estimate of drug-likeness (QED) is 0.801. The van der Waals surface area contributed by atoms with Crippen molar-refractivity contribution >= 4 is 17.9 Å². The number of hydrogen-bond donors (Lipinski definition) is 2. The minimum atomic E-state index is -1.27. The van der Waals surface area contributed by atoms with Gasteiger partial charge >= 0.3 is 12.0 Å². The second kappa shape index (κ2) is 6.78. The number of aliphatic carboxylic acids is 1. The van der Waals surface area contributed by atoms with Crippen molar-refractivity contribution in [2.45, 2.75) is 39.2 Å². The van der Waals surface area contributed by atoms with Gasteiger partial charge in [-0.1, -0.05) is 0 Å². The van der Waals surface area contributed by atoms with Gasteiger partial charge in [-0.3, -0.25) is 4.79 Å². The van der Waals surface area contributed by atoms with Gasteiger partial charge in [0.1, 0.15) is 5.54 Å². The molecule has 1 heterocycles. The van der Waals surface area contributed by atoms with Crippen LogP contribution < -0.4 is 5.32 Å². The number of carbonyl (C=O) groups is 3. The van der Waals surface area contributed by atoms with Crippen molar-refractivity contribution in [1.29, 1.82) is 0 Å². The number of carboxylic acids is 1. The van der Waals surface area contributed by atoms with E-state index in [1.54, 1.807) is 18.9 Å². The first-order chi connectivity index (χ1) is 9.75. The van der Waals surface area contributed by atoms with Crippen LogP contribution in [0, 0.1) is 5.92 Å². The molecule has 0 bridgehead atoms. The van der Waals surface area contributed by atoms with Crippen LogP contribution in [0.2, 0.25) is 0 Å². The van der Waals surface area contributed by atoms with Crippen LogP contribution in [0.25, 0.3) is 0 Å². The highest BCUT2D eigenvalue weighted by Crippen LogP contribution is 2.22. The number of amides is 3. The predicted molar refractivity (Wildman–Crippen MR) is 77.9 cm³/mol. The van der Waals surface area contributed by atoms with Gasteiger partial charge in [-0.05, 0) is 33.6 Å². The zero-order valence-corrected chi connectivity index (χ0v) is 13.2. The molecule has 2 N–H and O–H groups in total. The van der Waals surface area contributed by atoms with Crippen LogP contribution in [-0.4, -0.2) is 65.0 Å². The van der Waals surface area contributed by atoms with E-state index in [1.807, 2.05) is 0 Å². The van der Waals surface area contributed by atoms with Gasteiger partial charge in [0.05, 0.1) is 5.92 Å². The molecule has 1 fully saturated rings. The third-order valence-electron chi connectivity index (χ3n) is 4.05. The molecule has 0 saturated carbocycles. The van der Waals surface area contributed by atoms with E-state index < -0.39 is 11.5 Å². The maximum Gasteiger partial charge on any atom is 0.329 e. The number of likely N-dealkylation sites (N-methyl/N-ethyl adjacent to an activating group) is 1. The number of urea groups is 1. The number of likely N-dealkylation sites (tertiary alicyclic amines) is 1. The van der Waals surface area contributed by atoms with Crippen molar-refractivity contribution in [3.8, 4) is 0 Å². The van der Waals surface area contributed by atoms with Crippen LogP contribution in [-0.2, 0) is 9.59 Å². The molecule has 7 heteroatoms. The fourth-order valence-electron chi connectivity index (χ4n) is 2.62. The van der Waals surface area contributed by atoms with Crippen LogP contribution in [0.5, 0.6) is 0 Å². The summed E-state index contributed by atoms with van der Waals surface area (Å²) < 4.78 is 0. The Morgan fingerprint density at radius 3 is 2.48 bits per heavy atom. The molecule has 1 saturated heterocycles. The summed E-state index contributed by atoms with van der Waals surface area (Å²) >= 11 is 0. The zero-order valence-electron chi connectivity index (χ0n) is 13.2. The van der Waals surface area contributed by atoms with E-state index in [2.05, 4.69) is 5.32 Å². The number of rotatable bonds is 4. The normalized spacial score (nSPS) is 19.0. The maximum atomic E-state index is 12.6. The molecule has 1 unspecified atom stereocenters. The van der Waals surface area contributed by atoms with Gasteiger partial charge in [-0.2, -0.15) is 0 Å². The van der Waals surface area contributed by atoms with E-state index in [9.17, 15) is 19.5 Å². The molecule has 21 heavy (non-hydrogen) atoms. The predicted octanol–water partition coefficient (Wildman–Crippen LogP) is 0.750. The molecule has 1 atom stereocenters. The largest absolute Gasteiger partial charge is 0.480 e. The van der Waals surface area contributed by atoms with Crippen LogP contribution >= 0.6 is 0 Å². The van der Waals surface area contributed by atoms with Crippen molar-refractivity contribution in [3.05, 3.63) is 0 Å². The number of nitrogens with zero attached hydrogens (tertiary/aromatic N) is 2. The van der Waals surface area contributed by atoms with Gasteiger partial charge in [-0.25, -0.2) is 9.59 Å². The Hall–Kier alpha value is -1.79. The molecule has 0 aromatic rings. The van der Waals surface area contributed by atoms with Crippen LogP contribution in [0.3, 0.4) is 0 Å². The molecule has 0 aliphatic carbocycles. The molecule has 0 radical (unpaired) electrons. The van der Waals surface area contributed by atoms with Gasteiger partial charge in [0.15, 0.2) is 0 Å². The Morgan fingerprint density at radius 1 is 1.38 bits per heavy atom. The molecule has 0 aromatic carbocycles. The highest BCUT2D eigenvalue weighted by atomic mass is 16.4. The lowest BCUT2D eigenvalue weighted by molar-refractivity contribution is -0.148. The minimum absolute atomic E-state index is 0.0759. The molecule has 1 aliphatic rings. The van der Waals surface area contributed by atoms with Crippen molar-refractivity contribution in [2.75, 3.05) is 26.7 Å². The topological polar surface area (TPSA) is 90.0 Å². The second-order valence-corrected chi connectivity index (χ2v) is 5.79. The first-order valence-corrected chi connectivity index (χ1v) is 7.27. The molecule has 7 nitrogen and oxygen atoms in total. The van der Waals surface area contributed by atoms with Gasteiger partial charge in [0, 0.05) is 26.7 Å². The average Bonchev–Trinajstić information content (AvgIpc) is 2.46. The third-order valence-corrected chi connectivity index (χ3v) is 4.05. The second-order valence-electron chi connectivity index (χ2n) is 5.79. The van der Waals surface area contributed by atoms with Crippen LogP contribution in [0.1, 0.15) is 33.6 Å². The smallest absolute Gasteiger partial charge is 0.329 e. The fourth-order valence-corrected chi connectivity index (χ4v) is 2.62. The lowest BCUT2D eigenvalue weighted by Crippen LogP contribution is -2.58. The zero-order chi connectivity index (χ0) is 16.2. The number of hydrogen-bond acceptors (Lipinski definition) is 3. The van der Waals surface area contributed by atoms with E-state index in [1.165, 1.54) is 18.7 Å². The third kappa shape index (κ3) is 3.65. The monoisotopic (exact) mass is 299 g/mol. The summed E-state index contributed by atoms with van der Waals surface area (Å²) in [5.74, 6) is -1.34. The molecule has 120 valence electrons. The Labute approximate surface area is 125 Å². The van der Waals surface area contributed by atoms with Crippen LogP contribution in [0.15, 0.2) is 0 Å². The highest BCUT2D eigenvalue weighted by molar-refractivity contribution is 5.86. The molecule has 3 amide bonds. The first kappa shape index (κ1) is 17.3. The number of nitrogens with one attached hydrogen (secondary N) is 1. The molecular weight excluding hydrogens is 274 g/mol. The van der Waals surface area contributed by atoms with Gasteiger partial charge in [-0.15, -0.1) is 0 Å². The van der Waals surface area contributed by atoms with Crippen molar-refractivity contribution in [3.63, 3.8) is 0 Å².